The van der Waals surface area contributed by atoms with Crippen molar-refractivity contribution in [1.82, 2.24) is 24.8 Å². The average Bonchev–Trinajstić information content (AvgIpc) is 3.21. The zero-order valence-electron chi connectivity index (χ0n) is 14.8. The Kier molecular flexibility index (Phi) is 5.47. The number of carbonyl (C=O) groups is 1. The molecule has 0 aliphatic carbocycles. The maximum atomic E-state index is 12.7. The van der Waals surface area contributed by atoms with E-state index >= 15 is 0 Å². The highest BCUT2D eigenvalue weighted by molar-refractivity contribution is 5.82. The van der Waals surface area contributed by atoms with Gasteiger partial charge in [-0.25, -0.2) is 0 Å². The Morgan fingerprint density at radius 1 is 1.33 bits per heavy atom. The number of rotatable bonds is 5. The number of methoxy groups -OCH3 is 1. The van der Waals surface area contributed by atoms with Gasteiger partial charge < -0.3 is 14.2 Å². The number of aryl methyl sites for hydroxylation is 1. The van der Waals surface area contributed by atoms with Gasteiger partial charge in [0.05, 0.1) is 18.7 Å². The van der Waals surface area contributed by atoms with Crippen molar-refractivity contribution in [2.45, 2.75) is 38.5 Å². The van der Waals surface area contributed by atoms with E-state index in [4.69, 9.17) is 9.26 Å². The SMILES string of the molecule is CCc1nc(CN2CCN(C(=O)[C@@H]3C[C@H](OC)CN3C)CC2)no1. The molecule has 2 aliphatic heterocycles. The van der Waals surface area contributed by atoms with E-state index in [1.54, 1.807) is 7.11 Å². The molecule has 2 fully saturated rings. The molecule has 1 amide bonds. The predicted octanol–water partition coefficient (Wildman–Crippen LogP) is -0.00470. The summed E-state index contributed by atoms with van der Waals surface area (Å²) in [5.74, 6) is 1.63. The van der Waals surface area contributed by atoms with Gasteiger partial charge in [-0.15, -0.1) is 0 Å². The molecule has 24 heavy (non-hydrogen) atoms. The monoisotopic (exact) mass is 337 g/mol. The summed E-state index contributed by atoms with van der Waals surface area (Å²) in [6.45, 7) is 6.68. The maximum absolute atomic E-state index is 12.7. The van der Waals surface area contributed by atoms with Gasteiger partial charge in [-0.3, -0.25) is 14.6 Å². The number of hydrogen-bond donors (Lipinski definition) is 0. The lowest BCUT2D eigenvalue weighted by Gasteiger charge is -2.36. The van der Waals surface area contributed by atoms with Crippen LogP contribution >= 0.6 is 0 Å². The highest BCUT2D eigenvalue weighted by atomic mass is 16.5. The first-order valence-electron chi connectivity index (χ1n) is 8.66. The fraction of sp³-hybridized carbons (Fsp3) is 0.812. The van der Waals surface area contributed by atoms with Crippen LogP contribution in [-0.4, -0.2) is 89.8 Å². The summed E-state index contributed by atoms with van der Waals surface area (Å²) >= 11 is 0. The molecule has 0 radical (unpaired) electrons. The number of likely N-dealkylation sites (tertiary alicyclic amines) is 1. The normalized spacial score (nSPS) is 26.2. The van der Waals surface area contributed by atoms with Crippen LogP contribution in [0.15, 0.2) is 4.52 Å². The topological polar surface area (TPSA) is 74.9 Å². The van der Waals surface area contributed by atoms with Crippen molar-refractivity contribution >= 4 is 5.91 Å². The molecule has 2 saturated heterocycles. The van der Waals surface area contributed by atoms with Crippen molar-refractivity contribution < 1.29 is 14.1 Å². The molecule has 8 heteroatoms. The zero-order chi connectivity index (χ0) is 17.1. The fourth-order valence-corrected chi connectivity index (χ4v) is 3.45. The van der Waals surface area contributed by atoms with Gasteiger partial charge in [-0.2, -0.15) is 4.98 Å². The van der Waals surface area contributed by atoms with E-state index in [9.17, 15) is 4.79 Å². The Bertz CT molecular complexity index is 556. The zero-order valence-corrected chi connectivity index (χ0v) is 14.8. The number of ether oxygens (including phenoxy) is 1. The summed E-state index contributed by atoms with van der Waals surface area (Å²) < 4.78 is 10.5. The van der Waals surface area contributed by atoms with Gasteiger partial charge in [0.15, 0.2) is 5.82 Å². The summed E-state index contributed by atoms with van der Waals surface area (Å²) in [5.41, 5.74) is 0. The Morgan fingerprint density at radius 2 is 2.08 bits per heavy atom. The van der Waals surface area contributed by atoms with Gasteiger partial charge in [0, 0.05) is 46.3 Å². The van der Waals surface area contributed by atoms with Crippen LogP contribution in [-0.2, 0) is 22.5 Å². The molecule has 1 aromatic heterocycles. The van der Waals surface area contributed by atoms with E-state index in [-0.39, 0.29) is 18.1 Å². The molecule has 0 N–H and O–H groups in total. The third kappa shape index (κ3) is 3.76. The molecule has 3 rings (SSSR count). The quantitative estimate of drug-likeness (QED) is 0.748. The average molecular weight is 337 g/mol. The molecule has 2 atom stereocenters. The lowest BCUT2D eigenvalue weighted by atomic mass is 10.1. The van der Waals surface area contributed by atoms with E-state index in [1.807, 2.05) is 18.9 Å². The van der Waals surface area contributed by atoms with Crippen molar-refractivity contribution in [3.05, 3.63) is 11.7 Å². The summed E-state index contributed by atoms with van der Waals surface area (Å²) in [7, 11) is 3.71. The van der Waals surface area contributed by atoms with Gasteiger partial charge >= 0.3 is 0 Å². The first-order chi connectivity index (χ1) is 11.6. The maximum Gasteiger partial charge on any atom is 0.240 e. The first kappa shape index (κ1) is 17.3. The number of likely N-dealkylation sites (N-methyl/N-ethyl adjacent to an activating group) is 1. The predicted molar refractivity (Wildman–Crippen MR) is 87.4 cm³/mol. The summed E-state index contributed by atoms with van der Waals surface area (Å²) in [6, 6.07) is -0.0502. The van der Waals surface area contributed by atoms with Crippen molar-refractivity contribution in [3.63, 3.8) is 0 Å². The van der Waals surface area contributed by atoms with E-state index in [0.717, 1.165) is 51.4 Å². The third-order valence-corrected chi connectivity index (χ3v) is 4.99. The van der Waals surface area contributed by atoms with Crippen molar-refractivity contribution in [3.8, 4) is 0 Å². The van der Waals surface area contributed by atoms with Crippen LogP contribution in [0.2, 0.25) is 0 Å². The number of hydrogen-bond acceptors (Lipinski definition) is 7. The Balaban J connectivity index is 1.48. The van der Waals surface area contributed by atoms with Crippen molar-refractivity contribution in [2.75, 3.05) is 46.9 Å². The molecule has 8 nitrogen and oxygen atoms in total. The van der Waals surface area contributed by atoms with Crippen LogP contribution in [0.25, 0.3) is 0 Å². The van der Waals surface area contributed by atoms with Crippen molar-refractivity contribution in [1.29, 1.82) is 0 Å². The molecule has 0 aromatic carbocycles. The number of amides is 1. The van der Waals surface area contributed by atoms with E-state index in [2.05, 4.69) is 19.9 Å². The lowest BCUT2D eigenvalue weighted by Crippen LogP contribution is -2.53. The minimum Gasteiger partial charge on any atom is -0.380 e. The second-order valence-electron chi connectivity index (χ2n) is 6.61. The van der Waals surface area contributed by atoms with Crippen LogP contribution in [0.4, 0.5) is 0 Å². The van der Waals surface area contributed by atoms with Gasteiger partial charge in [0.2, 0.25) is 11.8 Å². The molecular weight excluding hydrogens is 310 g/mol. The summed E-state index contributed by atoms with van der Waals surface area (Å²) in [5, 5.41) is 4.00. The molecule has 3 heterocycles. The highest BCUT2D eigenvalue weighted by Crippen LogP contribution is 2.20. The number of carbonyl (C=O) groups excluding carboxylic acids is 1. The van der Waals surface area contributed by atoms with Gasteiger partial charge in [0.1, 0.15) is 0 Å². The van der Waals surface area contributed by atoms with Crippen LogP contribution < -0.4 is 0 Å². The summed E-state index contributed by atoms with van der Waals surface area (Å²) in [6.07, 6.45) is 1.71. The van der Waals surface area contributed by atoms with Gasteiger partial charge in [0.25, 0.3) is 0 Å². The lowest BCUT2D eigenvalue weighted by molar-refractivity contribution is -0.137. The largest absolute Gasteiger partial charge is 0.380 e. The van der Waals surface area contributed by atoms with E-state index in [0.29, 0.717) is 12.4 Å². The molecule has 0 saturated carbocycles. The second-order valence-corrected chi connectivity index (χ2v) is 6.61. The van der Waals surface area contributed by atoms with Crippen molar-refractivity contribution in [2.24, 2.45) is 0 Å². The molecule has 2 aliphatic rings. The Morgan fingerprint density at radius 3 is 2.67 bits per heavy atom. The van der Waals surface area contributed by atoms with Gasteiger partial charge in [-0.1, -0.05) is 12.1 Å². The van der Waals surface area contributed by atoms with E-state index < -0.39 is 0 Å². The van der Waals surface area contributed by atoms with Crippen LogP contribution in [0.5, 0.6) is 0 Å². The minimum absolute atomic E-state index is 0.0502. The second kappa shape index (κ2) is 7.58. The fourth-order valence-electron chi connectivity index (χ4n) is 3.45. The van der Waals surface area contributed by atoms with Crippen LogP contribution in [0.3, 0.4) is 0 Å². The Hall–Kier alpha value is -1.51. The van der Waals surface area contributed by atoms with E-state index in [1.165, 1.54) is 0 Å². The molecule has 1 aromatic rings. The van der Waals surface area contributed by atoms with Gasteiger partial charge in [-0.05, 0) is 13.5 Å². The number of piperazine rings is 1. The third-order valence-electron chi connectivity index (χ3n) is 4.99. The number of aromatic nitrogens is 2. The molecular formula is C16H27N5O3. The minimum atomic E-state index is -0.0502. The smallest absolute Gasteiger partial charge is 0.240 e. The molecule has 0 spiro atoms. The molecule has 0 bridgehead atoms. The Labute approximate surface area is 142 Å². The molecule has 134 valence electrons. The molecule has 0 unspecified atom stereocenters. The first-order valence-corrected chi connectivity index (χ1v) is 8.66. The van der Waals surface area contributed by atoms with Crippen LogP contribution in [0.1, 0.15) is 25.1 Å². The highest BCUT2D eigenvalue weighted by Gasteiger charge is 2.37. The number of nitrogens with zero attached hydrogens (tertiary/aromatic N) is 5. The summed E-state index contributed by atoms with van der Waals surface area (Å²) in [4.78, 5) is 23.4. The van der Waals surface area contributed by atoms with Crippen LogP contribution in [0, 0.1) is 0 Å². The standard InChI is InChI=1S/C16H27N5O3/c1-4-15-17-14(18-24-15)11-20-5-7-21(8-6-20)16(22)13-9-12(23-3)10-19(13)2/h12-13H,4-11H2,1-3H3/t12-,13-/m0/s1.